The Morgan fingerprint density at radius 1 is 1.21 bits per heavy atom. The van der Waals surface area contributed by atoms with E-state index in [-0.39, 0.29) is 0 Å². The average molecular weight is 201 g/mol. The van der Waals surface area contributed by atoms with E-state index in [1.807, 2.05) is 24.3 Å². The average Bonchev–Trinajstić information content (AvgIpc) is 2.68. The van der Waals surface area contributed by atoms with E-state index in [2.05, 4.69) is 16.9 Å². The van der Waals surface area contributed by atoms with Crippen LogP contribution in [0.2, 0.25) is 0 Å². The first-order chi connectivity index (χ1) is 6.90. The van der Waals surface area contributed by atoms with Crippen molar-refractivity contribution in [1.82, 2.24) is 9.97 Å². The summed E-state index contributed by atoms with van der Waals surface area (Å²) in [6.07, 6.45) is 7.25. The smallest absolute Gasteiger partial charge is 0.169 e. The van der Waals surface area contributed by atoms with Gasteiger partial charge in [0, 0.05) is 17.3 Å². The first-order valence-electron chi connectivity index (χ1n) is 4.23. The molecule has 0 unspecified atom stereocenters. The van der Waals surface area contributed by atoms with Crippen molar-refractivity contribution in [2.45, 2.75) is 0 Å². The summed E-state index contributed by atoms with van der Waals surface area (Å²) < 4.78 is 0. The van der Waals surface area contributed by atoms with Crippen LogP contribution in [-0.2, 0) is 0 Å². The van der Waals surface area contributed by atoms with Crippen LogP contribution in [0.4, 0.5) is 0 Å². The lowest BCUT2D eigenvalue weighted by Gasteiger charge is -1.91. The highest BCUT2D eigenvalue weighted by Crippen LogP contribution is 2.25. The zero-order chi connectivity index (χ0) is 9.80. The van der Waals surface area contributed by atoms with Crippen molar-refractivity contribution >= 4 is 17.4 Å². The number of nitrogens with zero attached hydrogens (tertiary/aromatic N) is 2. The van der Waals surface area contributed by atoms with Gasteiger partial charge >= 0.3 is 0 Å². The first kappa shape index (κ1) is 9.09. The summed E-state index contributed by atoms with van der Waals surface area (Å²) in [5, 5.41) is 0. The summed E-state index contributed by atoms with van der Waals surface area (Å²) in [6.45, 7) is 3.66. The molecule has 0 fully saturated rings. The molecular formula is C11H9N2S. The zero-order valence-electron chi connectivity index (χ0n) is 7.55. The molecule has 2 aromatic rings. The molecular weight excluding hydrogens is 192 g/mol. The van der Waals surface area contributed by atoms with Crippen LogP contribution in [0.25, 0.3) is 16.8 Å². The topological polar surface area (TPSA) is 25.8 Å². The number of hydrogen-bond donors (Lipinski definition) is 0. The van der Waals surface area contributed by atoms with Gasteiger partial charge in [0.2, 0.25) is 0 Å². The van der Waals surface area contributed by atoms with Gasteiger partial charge in [0.25, 0.3) is 0 Å². The van der Waals surface area contributed by atoms with Gasteiger partial charge in [-0.3, -0.25) is 0 Å². The fourth-order valence-corrected chi connectivity index (χ4v) is 1.99. The van der Waals surface area contributed by atoms with E-state index in [1.165, 1.54) is 4.88 Å². The van der Waals surface area contributed by atoms with Crippen LogP contribution in [-0.4, -0.2) is 9.97 Å². The molecule has 0 amide bonds. The van der Waals surface area contributed by atoms with Gasteiger partial charge in [-0.25, -0.2) is 9.97 Å². The lowest BCUT2D eigenvalue weighted by atomic mass is 10.4. The Morgan fingerprint density at radius 2 is 2.00 bits per heavy atom. The molecule has 0 N–H and O–H groups in total. The number of rotatable bonds is 2. The fourth-order valence-electron chi connectivity index (χ4n) is 1.11. The molecule has 0 bridgehead atoms. The number of aromatic nitrogens is 2. The second-order valence-corrected chi connectivity index (χ2v) is 3.79. The van der Waals surface area contributed by atoms with Crippen molar-refractivity contribution < 1.29 is 0 Å². The summed E-state index contributed by atoms with van der Waals surface area (Å²) in [6, 6.07) is 5.88. The van der Waals surface area contributed by atoms with Crippen LogP contribution >= 0.6 is 11.3 Å². The molecule has 0 spiro atoms. The quantitative estimate of drug-likeness (QED) is 0.746. The van der Waals surface area contributed by atoms with Crippen molar-refractivity contribution in [3.8, 4) is 10.7 Å². The maximum atomic E-state index is 4.18. The van der Waals surface area contributed by atoms with Crippen LogP contribution in [0, 0.1) is 6.92 Å². The lowest BCUT2D eigenvalue weighted by molar-refractivity contribution is 1.19. The third-order valence-electron chi connectivity index (χ3n) is 1.70. The Labute approximate surface area is 87.0 Å². The Balaban J connectivity index is 2.34. The molecule has 2 nitrogen and oxygen atoms in total. The monoisotopic (exact) mass is 201 g/mol. The molecule has 0 aliphatic rings. The first-order valence-corrected chi connectivity index (χ1v) is 5.05. The Kier molecular flexibility index (Phi) is 2.70. The summed E-state index contributed by atoms with van der Waals surface area (Å²) in [4.78, 5) is 10.6. The van der Waals surface area contributed by atoms with Gasteiger partial charge in [-0.2, -0.15) is 0 Å². The zero-order valence-corrected chi connectivity index (χ0v) is 8.37. The van der Waals surface area contributed by atoms with Crippen LogP contribution in [0.3, 0.4) is 0 Å². The van der Waals surface area contributed by atoms with Gasteiger partial charge in [-0.1, -0.05) is 6.08 Å². The maximum Gasteiger partial charge on any atom is 0.169 e. The highest BCUT2D eigenvalue weighted by Gasteiger charge is 2.02. The molecule has 2 rings (SSSR count). The van der Waals surface area contributed by atoms with Gasteiger partial charge in [-0.15, -0.1) is 11.3 Å². The summed E-state index contributed by atoms with van der Waals surface area (Å²) in [5.74, 6) is 0.779. The maximum absolute atomic E-state index is 4.18. The Morgan fingerprint density at radius 3 is 2.71 bits per heavy atom. The van der Waals surface area contributed by atoms with Crippen molar-refractivity contribution in [3.05, 3.63) is 48.5 Å². The SMILES string of the molecule is [CH2]C=Cc1ccc(-c2ncccn2)s1. The normalized spacial score (nSPS) is 10.9. The third-order valence-corrected chi connectivity index (χ3v) is 2.74. The van der Waals surface area contributed by atoms with E-state index in [0.717, 1.165) is 10.7 Å². The number of hydrogen-bond acceptors (Lipinski definition) is 3. The Bertz CT molecular complexity index is 432. The van der Waals surface area contributed by atoms with Crippen molar-refractivity contribution in [2.24, 2.45) is 0 Å². The predicted molar refractivity (Wildman–Crippen MR) is 59.7 cm³/mol. The molecule has 0 saturated carbocycles. The second-order valence-electron chi connectivity index (χ2n) is 2.68. The lowest BCUT2D eigenvalue weighted by Crippen LogP contribution is -1.81. The molecule has 69 valence electrons. The van der Waals surface area contributed by atoms with Gasteiger partial charge < -0.3 is 0 Å². The molecule has 0 aromatic carbocycles. The standard InChI is InChI=1S/C11H9N2S/c1-2-4-9-5-6-10(14-9)11-12-7-3-8-13-11/h2-8H,1H2. The fraction of sp³-hybridized carbons (Fsp3) is 0. The summed E-state index contributed by atoms with van der Waals surface area (Å²) in [7, 11) is 0. The van der Waals surface area contributed by atoms with Crippen LogP contribution in [0.5, 0.6) is 0 Å². The van der Waals surface area contributed by atoms with E-state index in [9.17, 15) is 0 Å². The molecule has 0 aliphatic carbocycles. The molecule has 0 atom stereocenters. The minimum atomic E-state index is 0.779. The molecule has 1 radical (unpaired) electrons. The molecule has 14 heavy (non-hydrogen) atoms. The molecule has 0 saturated heterocycles. The minimum absolute atomic E-state index is 0.779. The second kappa shape index (κ2) is 4.15. The predicted octanol–water partition coefficient (Wildman–Crippen LogP) is 3.05. The minimum Gasteiger partial charge on any atom is -0.236 e. The van der Waals surface area contributed by atoms with Gasteiger partial charge in [0.15, 0.2) is 5.82 Å². The van der Waals surface area contributed by atoms with Gasteiger partial charge in [0.05, 0.1) is 4.88 Å². The molecule has 0 aliphatic heterocycles. The van der Waals surface area contributed by atoms with E-state index >= 15 is 0 Å². The van der Waals surface area contributed by atoms with Crippen LogP contribution in [0.15, 0.2) is 36.7 Å². The highest BCUT2D eigenvalue weighted by molar-refractivity contribution is 7.16. The van der Waals surface area contributed by atoms with Crippen LogP contribution in [0.1, 0.15) is 4.88 Å². The van der Waals surface area contributed by atoms with E-state index in [4.69, 9.17) is 0 Å². The summed E-state index contributed by atoms with van der Waals surface area (Å²) >= 11 is 1.66. The summed E-state index contributed by atoms with van der Waals surface area (Å²) in [5.41, 5.74) is 0. The van der Waals surface area contributed by atoms with Gasteiger partial charge in [0.1, 0.15) is 0 Å². The molecule has 3 heteroatoms. The number of allylic oxidation sites excluding steroid dienone is 1. The highest BCUT2D eigenvalue weighted by atomic mass is 32.1. The molecule has 2 aromatic heterocycles. The van der Waals surface area contributed by atoms with E-state index in [0.29, 0.717) is 0 Å². The van der Waals surface area contributed by atoms with Crippen molar-refractivity contribution in [2.75, 3.05) is 0 Å². The van der Waals surface area contributed by atoms with E-state index < -0.39 is 0 Å². The third kappa shape index (κ3) is 1.88. The Hall–Kier alpha value is -1.48. The van der Waals surface area contributed by atoms with Crippen LogP contribution < -0.4 is 0 Å². The van der Waals surface area contributed by atoms with Crippen molar-refractivity contribution in [1.29, 1.82) is 0 Å². The van der Waals surface area contributed by atoms with Gasteiger partial charge in [-0.05, 0) is 31.2 Å². The molecule has 2 heterocycles. The largest absolute Gasteiger partial charge is 0.236 e. The van der Waals surface area contributed by atoms with Crippen molar-refractivity contribution in [3.63, 3.8) is 0 Å². The van der Waals surface area contributed by atoms with E-state index in [1.54, 1.807) is 29.8 Å². The number of thiophene rings is 1.